The van der Waals surface area contributed by atoms with Crippen LogP contribution in [0.25, 0.3) is 0 Å². The number of benzene rings is 1. The van der Waals surface area contributed by atoms with Crippen LogP contribution in [0, 0.1) is 25.7 Å². The minimum absolute atomic E-state index is 0.00212. The first-order chi connectivity index (χ1) is 10.7. The van der Waals surface area contributed by atoms with Crippen molar-refractivity contribution in [2.24, 2.45) is 11.8 Å². The highest BCUT2D eigenvalue weighted by atomic mass is 32.2. The van der Waals surface area contributed by atoms with E-state index in [9.17, 15) is 18.3 Å². The maximum atomic E-state index is 12.5. The van der Waals surface area contributed by atoms with Crippen molar-refractivity contribution in [2.45, 2.75) is 32.1 Å². The summed E-state index contributed by atoms with van der Waals surface area (Å²) in [6.45, 7) is 7.04. The van der Waals surface area contributed by atoms with Gasteiger partial charge in [0.1, 0.15) is 0 Å². The lowest BCUT2D eigenvalue weighted by Gasteiger charge is -2.28. The van der Waals surface area contributed by atoms with Gasteiger partial charge >= 0.3 is 5.97 Å². The molecule has 1 aromatic carbocycles. The highest BCUT2D eigenvalue weighted by molar-refractivity contribution is 7.89. The van der Waals surface area contributed by atoms with Crippen LogP contribution in [0.15, 0.2) is 17.0 Å². The fraction of sp³-hybridized carbons (Fsp3) is 0.562. The fourth-order valence-corrected chi connectivity index (χ4v) is 3.94. The second kappa shape index (κ2) is 6.98. The minimum atomic E-state index is -3.73. The maximum Gasteiger partial charge on any atom is 0.336 e. The van der Waals surface area contributed by atoms with E-state index in [1.165, 1.54) is 12.1 Å². The van der Waals surface area contributed by atoms with E-state index in [0.717, 1.165) is 6.42 Å². The second-order valence-electron chi connectivity index (χ2n) is 6.17. The Bertz CT molecular complexity index is 699. The molecule has 0 bridgehead atoms. The molecule has 0 radical (unpaired) electrons. The van der Waals surface area contributed by atoms with Crippen molar-refractivity contribution in [1.82, 2.24) is 4.72 Å². The summed E-state index contributed by atoms with van der Waals surface area (Å²) < 4.78 is 32.9. The predicted molar refractivity (Wildman–Crippen MR) is 86.2 cm³/mol. The second-order valence-corrected chi connectivity index (χ2v) is 7.94. The van der Waals surface area contributed by atoms with Crippen LogP contribution in [-0.2, 0) is 14.8 Å². The highest BCUT2D eigenvalue weighted by Crippen LogP contribution is 2.23. The highest BCUT2D eigenvalue weighted by Gasteiger charge is 2.25. The molecule has 0 amide bonds. The molecular weight excluding hydrogens is 318 g/mol. The van der Waals surface area contributed by atoms with Crippen LogP contribution in [0.5, 0.6) is 0 Å². The van der Waals surface area contributed by atoms with Gasteiger partial charge in [-0.15, -0.1) is 0 Å². The monoisotopic (exact) mass is 341 g/mol. The molecule has 128 valence electrons. The van der Waals surface area contributed by atoms with Gasteiger partial charge in [0.05, 0.1) is 10.5 Å². The number of hydrogen-bond acceptors (Lipinski definition) is 4. The number of nitrogens with one attached hydrogen (secondary N) is 1. The van der Waals surface area contributed by atoms with Gasteiger partial charge in [0.2, 0.25) is 10.0 Å². The summed E-state index contributed by atoms with van der Waals surface area (Å²) in [5.74, 6) is -0.606. The molecule has 1 aliphatic heterocycles. The van der Waals surface area contributed by atoms with Gasteiger partial charge in [-0.3, -0.25) is 0 Å². The van der Waals surface area contributed by atoms with Gasteiger partial charge < -0.3 is 9.84 Å². The molecule has 1 saturated heterocycles. The number of carboxylic acid groups (broad SMARTS) is 1. The Hall–Kier alpha value is -1.44. The average Bonchev–Trinajstić information content (AvgIpc) is 2.48. The third-order valence-electron chi connectivity index (χ3n) is 4.54. The first kappa shape index (κ1) is 17.9. The van der Waals surface area contributed by atoms with Crippen molar-refractivity contribution in [3.8, 4) is 0 Å². The van der Waals surface area contributed by atoms with E-state index in [-0.39, 0.29) is 16.4 Å². The van der Waals surface area contributed by atoms with E-state index >= 15 is 0 Å². The summed E-state index contributed by atoms with van der Waals surface area (Å²) in [5, 5.41) is 9.22. The van der Waals surface area contributed by atoms with Gasteiger partial charge in [-0.1, -0.05) is 6.92 Å². The Morgan fingerprint density at radius 1 is 1.39 bits per heavy atom. The van der Waals surface area contributed by atoms with Crippen molar-refractivity contribution in [1.29, 1.82) is 0 Å². The van der Waals surface area contributed by atoms with Gasteiger partial charge in [-0.05, 0) is 55.4 Å². The van der Waals surface area contributed by atoms with Gasteiger partial charge in [0, 0.05) is 19.8 Å². The number of carboxylic acids is 1. The van der Waals surface area contributed by atoms with Crippen LogP contribution >= 0.6 is 0 Å². The zero-order chi connectivity index (χ0) is 17.2. The Kier molecular flexibility index (Phi) is 5.44. The summed E-state index contributed by atoms with van der Waals surface area (Å²) in [4.78, 5) is 11.3. The lowest BCUT2D eigenvalue weighted by Crippen LogP contribution is -2.36. The molecule has 1 heterocycles. The number of rotatable bonds is 5. The average molecular weight is 341 g/mol. The third-order valence-corrected chi connectivity index (χ3v) is 5.94. The van der Waals surface area contributed by atoms with Crippen LogP contribution in [0.2, 0.25) is 0 Å². The molecule has 1 fully saturated rings. The molecule has 6 nitrogen and oxygen atoms in total. The molecule has 0 saturated carbocycles. The smallest absolute Gasteiger partial charge is 0.336 e. The van der Waals surface area contributed by atoms with Crippen molar-refractivity contribution in [2.75, 3.05) is 19.8 Å². The summed E-state index contributed by atoms with van der Waals surface area (Å²) in [7, 11) is -3.73. The summed E-state index contributed by atoms with van der Waals surface area (Å²) in [5.41, 5.74) is 1.24. The molecular formula is C16H23NO5S. The number of aromatic carboxylic acids is 1. The Labute approximate surface area is 136 Å². The van der Waals surface area contributed by atoms with Gasteiger partial charge in [0.25, 0.3) is 0 Å². The molecule has 1 aromatic rings. The zero-order valence-electron chi connectivity index (χ0n) is 13.6. The van der Waals surface area contributed by atoms with Gasteiger partial charge in [-0.25, -0.2) is 17.9 Å². The van der Waals surface area contributed by atoms with Crippen LogP contribution in [0.1, 0.15) is 34.8 Å². The molecule has 7 heteroatoms. The molecule has 2 rings (SSSR count). The molecule has 0 aliphatic carbocycles. The first-order valence-corrected chi connectivity index (χ1v) is 9.12. The van der Waals surface area contributed by atoms with Crippen molar-refractivity contribution >= 4 is 16.0 Å². The number of hydrogen-bond donors (Lipinski definition) is 2. The Balaban J connectivity index is 2.21. The van der Waals surface area contributed by atoms with Crippen LogP contribution < -0.4 is 4.72 Å². The SMILES string of the molecule is Cc1cc(S(=O)(=O)NCC2CCOCC2C)cc(C(=O)O)c1C. The normalized spacial score (nSPS) is 22.0. The van der Waals surface area contributed by atoms with Gasteiger partial charge in [-0.2, -0.15) is 0 Å². The quantitative estimate of drug-likeness (QED) is 0.854. The lowest BCUT2D eigenvalue weighted by atomic mass is 9.90. The van der Waals surface area contributed by atoms with Crippen molar-refractivity contribution in [3.05, 3.63) is 28.8 Å². The molecule has 1 aliphatic rings. The van der Waals surface area contributed by atoms with E-state index in [2.05, 4.69) is 4.72 Å². The Morgan fingerprint density at radius 3 is 2.70 bits per heavy atom. The maximum absolute atomic E-state index is 12.5. The van der Waals surface area contributed by atoms with Gasteiger partial charge in [0.15, 0.2) is 0 Å². The van der Waals surface area contributed by atoms with Crippen molar-refractivity contribution < 1.29 is 23.1 Å². The lowest BCUT2D eigenvalue weighted by molar-refractivity contribution is 0.0261. The predicted octanol–water partition coefficient (Wildman–Crippen LogP) is 1.95. The standard InChI is InChI=1S/C16H23NO5S/c1-10-6-14(7-15(12(10)3)16(18)19)23(20,21)17-8-13-4-5-22-9-11(13)2/h6-7,11,13,17H,4-5,8-9H2,1-3H3,(H,18,19). The van der Waals surface area contributed by atoms with Crippen LogP contribution in [-0.4, -0.2) is 39.3 Å². The third kappa shape index (κ3) is 4.10. The van der Waals surface area contributed by atoms with E-state index in [4.69, 9.17) is 4.74 Å². The molecule has 23 heavy (non-hydrogen) atoms. The zero-order valence-corrected chi connectivity index (χ0v) is 14.4. The summed E-state index contributed by atoms with van der Waals surface area (Å²) in [6, 6.07) is 2.73. The number of aryl methyl sites for hydroxylation is 1. The fourth-order valence-electron chi connectivity index (χ4n) is 2.73. The van der Waals surface area contributed by atoms with E-state index in [1.807, 2.05) is 6.92 Å². The summed E-state index contributed by atoms with van der Waals surface area (Å²) in [6.07, 6.45) is 0.816. The molecule has 2 N–H and O–H groups in total. The first-order valence-electron chi connectivity index (χ1n) is 7.64. The largest absolute Gasteiger partial charge is 0.478 e. The molecule has 0 spiro atoms. The number of sulfonamides is 1. The number of ether oxygens (including phenoxy) is 1. The molecule has 0 aromatic heterocycles. The van der Waals surface area contributed by atoms with Crippen LogP contribution in [0.3, 0.4) is 0 Å². The molecule has 2 atom stereocenters. The Morgan fingerprint density at radius 2 is 2.09 bits per heavy atom. The van der Waals surface area contributed by atoms with E-state index in [0.29, 0.717) is 36.8 Å². The van der Waals surface area contributed by atoms with E-state index < -0.39 is 16.0 Å². The van der Waals surface area contributed by atoms with Crippen LogP contribution in [0.4, 0.5) is 0 Å². The minimum Gasteiger partial charge on any atom is -0.478 e. The molecule has 2 unspecified atom stereocenters. The topological polar surface area (TPSA) is 92.7 Å². The van der Waals surface area contributed by atoms with E-state index in [1.54, 1.807) is 13.8 Å². The number of carbonyl (C=O) groups is 1. The summed E-state index contributed by atoms with van der Waals surface area (Å²) >= 11 is 0. The van der Waals surface area contributed by atoms with Crippen molar-refractivity contribution in [3.63, 3.8) is 0 Å².